The number of anilines is 3. The number of alkyl halides is 3. The zero-order valence-corrected chi connectivity index (χ0v) is 16.0. The minimum Gasteiger partial charge on any atom is -0.345 e. The van der Waals surface area contributed by atoms with Crippen LogP contribution in [0, 0.1) is 12.3 Å². The minimum atomic E-state index is -4.50. The molecule has 0 saturated carbocycles. The van der Waals surface area contributed by atoms with E-state index in [2.05, 4.69) is 36.9 Å². The Balaban J connectivity index is 1.77. The lowest BCUT2D eigenvalue weighted by atomic mass is 10.2. The third kappa shape index (κ3) is 4.43. The zero-order chi connectivity index (χ0) is 22.9. The molecular weight excluding hydrogens is 429 g/mol. The molecule has 0 aliphatic carbocycles. The molecule has 2 aromatic heterocycles. The third-order valence-electron chi connectivity index (χ3n) is 4.15. The molecule has 32 heavy (non-hydrogen) atoms. The number of fused-ring (bicyclic) bond motifs is 1. The van der Waals surface area contributed by atoms with Crippen molar-refractivity contribution in [1.29, 1.82) is 0 Å². The van der Waals surface area contributed by atoms with Crippen LogP contribution in [0.3, 0.4) is 0 Å². The Hall–Kier alpha value is -4.60. The second kappa shape index (κ2) is 7.91. The molecule has 0 unspecified atom stereocenters. The fourth-order valence-corrected chi connectivity index (χ4v) is 2.80. The fraction of sp³-hybridized carbons (Fsp3) is 0.105. The van der Waals surface area contributed by atoms with Crippen LogP contribution < -0.4 is 21.3 Å². The first-order valence-corrected chi connectivity index (χ1v) is 8.96. The number of nitrogens with zero attached hydrogens (tertiary/aromatic N) is 4. The van der Waals surface area contributed by atoms with E-state index < -0.39 is 24.7 Å². The van der Waals surface area contributed by atoms with Gasteiger partial charge in [-0.05, 0) is 24.3 Å². The minimum absolute atomic E-state index is 0.0450. The van der Waals surface area contributed by atoms with Crippen LogP contribution in [-0.2, 0) is 4.79 Å². The van der Waals surface area contributed by atoms with E-state index in [0.29, 0.717) is 11.3 Å². The van der Waals surface area contributed by atoms with E-state index in [1.165, 1.54) is 12.3 Å². The smallest absolute Gasteiger partial charge is 0.345 e. The van der Waals surface area contributed by atoms with Gasteiger partial charge in [-0.1, -0.05) is 12.0 Å². The van der Waals surface area contributed by atoms with E-state index in [1.54, 1.807) is 24.3 Å². The summed E-state index contributed by atoms with van der Waals surface area (Å²) in [5, 5.41) is 13.4. The normalized spacial score (nSPS) is 14.9. The van der Waals surface area contributed by atoms with Crippen molar-refractivity contribution in [3.63, 3.8) is 0 Å². The van der Waals surface area contributed by atoms with Crippen LogP contribution in [0.5, 0.6) is 0 Å². The van der Waals surface area contributed by atoms with Gasteiger partial charge in [-0.2, -0.15) is 32.8 Å². The number of rotatable bonds is 5. The van der Waals surface area contributed by atoms with Crippen LogP contribution in [0.25, 0.3) is 11.7 Å². The first kappa shape index (κ1) is 20.7. The van der Waals surface area contributed by atoms with Crippen LogP contribution in [0.2, 0.25) is 0 Å². The molecule has 0 radical (unpaired) electrons. The number of urea groups is 1. The first-order chi connectivity index (χ1) is 15.2. The number of imide groups is 1. The molecule has 4 N–H and O–H groups in total. The van der Waals surface area contributed by atoms with E-state index in [1.807, 2.05) is 5.32 Å². The number of halogens is 3. The molecular formula is C19H13F3N8O2. The van der Waals surface area contributed by atoms with Crippen LogP contribution in [0.1, 0.15) is 11.1 Å². The Bertz CT molecular complexity index is 1310. The molecule has 1 fully saturated rings. The monoisotopic (exact) mass is 442 g/mol. The number of nitrogens with one attached hydrogen (secondary N) is 4. The molecule has 0 bridgehead atoms. The van der Waals surface area contributed by atoms with Gasteiger partial charge in [-0.15, -0.1) is 6.42 Å². The Morgan fingerprint density at radius 2 is 2.03 bits per heavy atom. The van der Waals surface area contributed by atoms with Gasteiger partial charge in [-0.25, -0.2) is 4.79 Å². The summed E-state index contributed by atoms with van der Waals surface area (Å²) in [7, 11) is 0. The average molecular weight is 442 g/mol. The number of hydrogen-bond donors (Lipinski definition) is 4. The second-order valence-corrected chi connectivity index (χ2v) is 6.49. The standard InChI is InChI=1S/C19H13F3N8O2/c1-2-10-4-3-5-12(6-10)25-16-27-14-11(7-13-15(31)28-18(32)26-13)8-24-30(14)17(29-16)23-9-19(20,21)22/h1,3-8H,9H2,(H2,23,25,27,29)(H2,26,28,31,32)/b13-7-. The van der Waals surface area contributed by atoms with Crippen molar-refractivity contribution in [2.75, 3.05) is 17.2 Å². The summed E-state index contributed by atoms with van der Waals surface area (Å²) in [4.78, 5) is 31.5. The molecule has 4 rings (SSSR count). The van der Waals surface area contributed by atoms with Gasteiger partial charge in [0.15, 0.2) is 5.65 Å². The highest BCUT2D eigenvalue weighted by molar-refractivity contribution is 6.14. The number of terminal acetylenes is 1. The van der Waals surface area contributed by atoms with Gasteiger partial charge in [-0.3, -0.25) is 10.1 Å². The molecule has 1 aliphatic heterocycles. The summed E-state index contributed by atoms with van der Waals surface area (Å²) in [6.07, 6.45) is 3.46. The highest BCUT2D eigenvalue weighted by Gasteiger charge is 2.28. The Kier molecular flexibility index (Phi) is 5.11. The van der Waals surface area contributed by atoms with Gasteiger partial charge >= 0.3 is 12.2 Å². The summed E-state index contributed by atoms with van der Waals surface area (Å²) in [6, 6.07) is 6.00. The molecule has 0 spiro atoms. The van der Waals surface area contributed by atoms with Gasteiger partial charge in [0, 0.05) is 16.8 Å². The second-order valence-electron chi connectivity index (χ2n) is 6.49. The number of hydrogen-bond acceptors (Lipinski definition) is 7. The van der Waals surface area contributed by atoms with Gasteiger partial charge in [0.25, 0.3) is 5.91 Å². The number of carbonyl (C=O) groups excluding carboxylic acids is 2. The van der Waals surface area contributed by atoms with Crippen molar-refractivity contribution in [2.24, 2.45) is 0 Å². The molecule has 3 heterocycles. The molecule has 1 aliphatic rings. The third-order valence-corrected chi connectivity index (χ3v) is 4.15. The summed E-state index contributed by atoms with van der Waals surface area (Å²) < 4.78 is 39.3. The van der Waals surface area contributed by atoms with E-state index >= 15 is 0 Å². The maximum atomic E-state index is 12.8. The summed E-state index contributed by atoms with van der Waals surface area (Å²) >= 11 is 0. The summed E-state index contributed by atoms with van der Waals surface area (Å²) in [5.74, 6) is 1.52. The number of aromatic nitrogens is 4. The fourth-order valence-electron chi connectivity index (χ4n) is 2.80. The highest BCUT2D eigenvalue weighted by Crippen LogP contribution is 2.22. The first-order valence-electron chi connectivity index (χ1n) is 8.96. The molecule has 13 heteroatoms. The zero-order valence-electron chi connectivity index (χ0n) is 16.0. The van der Waals surface area contributed by atoms with Gasteiger partial charge < -0.3 is 16.0 Å². The highest BCUT2D eigenvalue weighted by atomic mass is 19.4. The van der Waals surface area contributed by atoms with Crippen molar-refractivity contribution in [2.45, 2.75) is 6.18 Å². The molecule has 10 nitrogen and oxygen atoms in total. The van der Waals surface area contributed by atoms with E-state index in [-0.39, 0.29) is 28.8 Å². The van der Waals surface area contributed by atoms with Crippen molar-refractivity contribution >= 4 is 41.2 Å². The topological polar surface area (TPSA) is 125 Å². The molecule has 3 aromatic rings. The SMILES string of the molecule is C#Cc1cccc(Nc2nc(NCC(F)(F)F)n3ncc(/C=C4\NC(=O)NC4=O)c3n2)c1. The van der Waals surface area contributed by atoms with Crippen LogP contribution in [-0.4, -0.2) is 44.2 Å². The molecule has 3 amide bonds. The van der Waals surface area contributed by atoms with Crippen molar-refractivity contribution in [3.05, 3.63) is 47.3 Å². The predicted molar refractivity (Wildman–Crippen MR) is 108 cm³/mol. The molecule has 1 aromatic carbocycles. The number of benzene rings is 1. The van der Waals surface area contributed by atoms with E-state index in [0.717, 1.165) is 4.52 Å². The van der Waals surface area contributed by atoms with Gasteiger partial charge in [0.2, 0.25) is 11.9 Å². The van der Waals surface area contributed by atoms with Crippen LogP contribution in [0.4, 0.5) is 35.5 Å². The van der Waals surface area contributed by atoms with Crippen molar-refractivity contribution in [1.82, 2.24) is 30.2 Å². The van der Waals surface area contributed by atoms with E-state index in [9.17, 15) is 22.8 Å². The largest absolute Gasteiger partial charge is 0.405 e. The lowest BCUT2D eigenvalue weighted by Gasteiger charge is -2.12. The lowest BCUT2D eigenvalue weighted by molar-refractivity contribution is -0.116. The summed E-state index contributed by atoms with van der Waals surface area (Å²) in [6.45, 7) is -1.36. The predicted octanol–water partition coefficient (Wildman–Crippen LogP) is 2.00. The number of amides is 3. The Morgan fingerprint density at radius 1 is 1.22 bits per heavy atom. The Labute approximate surface area is 177 Å². The maximum absolute atomic E-state index is 12.8. The van der Waals surface area contributed by atoms with Crippen molar-refractivity contribution in [3.8, 4) is 12.3 Å². The van der Waals surface area contributed by atoms with Gasteiger partial charge in [0.1, 0.15) is 12.2 Å². The number of carbonyl (C=O) groups is 2. The van der Waals surface area contributed by atoms with E-state index in [4.69, 9.17) is 6.42 Å². The molecule has 0 atom stereocenters. The van der Waals surface area contributed by atoms with Crippen LogP contribution in [0.15, 0.2) is 36.2 Å². The molecule has 162 valence electrons. The average Bonchev–Trinajstić information content (AvgIpc) is 3.28. The van der Waals surface area contributed by atoms with Crippen molar-refractivity contribution < 1.29 is 22.8 Å². The summed E-state index contributed by atoms with van der Waals surface area (Å²) in [5.41, 5.74) is 1.36. The molecule has 1 saturated heterocycles. The quantitative estimate of drug-likeness (QED) is 0.271. The lowest BCUT2D eigenvalue weighted by Crippen LogP contribution is -2.23. The maximum Gasteiger partial charge on any atom is 0.405 e. The Morgan fingerprint density at radius 3 is 2.72 bits per heavy atom. The van der Waals surface area contributed by atoms with Gasteiger partial charge in [0.05, 0.1) is 6.20 Å². The van der Waals surface area contributed by atoms with Crippen LogP contribution >= 0.6 is 0 Å².